The first kappa shape index (κ1) is 18.4. The van der Waals surface area contributed by atoms with Crippen molar-refractivity contribution in [3.63, 3.8) is 0 Å². The van der Waals surface area contributed by atoms with E-state index in [2.05, 4.69) is 15.0 Å². The van der Waals surface area contributed by atoms with Gasteiger partial charge in [-0.25, -0.2) is 9.37 Å². The highest BCUT2D eigenvalue weighted by atomic mass is 19.1. The average Bonchev–Trinajstić information content (AvgIpc) is 3.09. The number of rotatable bonds is 2. The lowest BCUT2D eigenvalue weighted by Crippen LogP contribution is -2.35. The molecule has 1 saturated heterocycles. The molecule has 0 atom stereocenters. The number of nitrogens with two attached hydrogens (primary N) is 1. The Labute approximate surface area is 170 Å². The van der Waals surface area contributed by atoms with Crippen LogP contribution in [0.1, 0.15) is 29.6 Å². The highest BCUT2D eigenvalue weighted by Gasteiger charge is 2.21. The molecule has 0 radical (unpaired) electrons. The summed E-state index contributed by atoms with van der Waals surface area (Å²) in [6.45, 7) is 1.52. The van der Waals surface area contributed by atoms with Gasteiger partial charge in [0.1, 0.15) is 5.82 Å². The lowest BCUT2D eigenvalue weighted by molar-refractivity contribution is 0.0724. The molecule has 7 nitrogen and oxygen atoms in total. The van der Waals surface area contributed by atoms with Gasteiger partial charge in [-0.15, -0.1) is 0 Å². The van der Waals surface area contributed by atoms with Crippen molar-refractivity contribution >= 4 is 33.5 Å². The number of anilines is 1. The number of H-pyrrole nitrogens is 2. The molecule has 0 saturated carbocycles. The van der Waals surface area contributed by atoms with E-state index >= 15 is 0 Å². The van der Waals surface area contributed by atoms with Crippen LogP contribution in [0.5, 0.6) is 0 Å². The molecule has 1 aliphatic heterocycles. The van der Waals surface area contributed by atoms with Gasteiger partial charge in [0.15, 0.2) is 5.69 Å². The molecule has 3 heterocycles. The number of likely N-dealkylation sites (tertiary alicyclic amines) is 1. The molecule has 0 unspecified atom stereocenters. The maximum absolute atomic E-state index is 13.6. The summed E-state index contributed by atoms with van der Waals surface area (Å²) < 4.78 is 13.6. The summed E-state index contributed by atoms with van der Waals surface area (Å²) in [4.78, 5) is 37.4. The average molecular weight is 405 g/mol. The lowest BCUT2D eigenvalue weighted by atomic mass is 10.1. The molecule has 1 aliphatic rings. The van der Waals surface area contributed by atoms with E-state index in [0.29, 0.717) is 38.9 Å². The fourth-order valence-corrected chi connectivity index (χ4v) is 4.04. The number of benzene rings is 2. The predicted octanol–water partition coefficient (Wildman–Crippen LogP) is 3.42. The lowest BCUT2D eigenvalue weighted by Gasteiger charge is -2.26. The van der Waals surface area contributed by atoms with Crippen molar-refractivity contribution in [2.45, 2.75) is 19.3 Å². The van der Waals surface area contributed by atoms with E-state index < -0.39 is 11.4 Å². The van der Waals surface area contributed by atoms with E-state index in [1.54, 1.807) is 18.2 Å². The number of carbonyl (C=O) groups is 1. The van der Waals surface area contributed by atoms with Gasteiger partial charge in [0.2, 0.25) is 0 Å². The Kier molecular flexibility index (Phi) is 4.27. The standard InChI is InChI=1S/C22H20FN5O2/c23-13-5-7-16-17(11-13)26-20(21(29)27-16)19-18(24)14-10-12(4-6-15(14)25-19)22(30)28-8-2-1-3-9-28/h4-7,10-11,25H,1-3,8-9,24H2,(H,27,29). The Morgan fingerprint density at radius 3 is 2.60 bits per heavy atom. The van der Waals surface area contributed by atoms with Gasteiger partial charge in [-0.3, -0.25) is 9.59 Å². The number of halogens is 1. The first-order chi connectivity index (χ1) is 14.5. The van der Waals surface area contributed by atoms with Gasteiger partial charge in [-0.2, -0.15) is 0 Å². The van der Waals surface area contributed by atoms with Crippen LogP contribution in [0.15, 0.2) is 41.2 Å². The second-order valence-corrected chi connectivity index (χ2v) is 7.60. The van der Waals surface area contributed by atoms with Gasteiger partial charge < -0.3 is 20.6 Å². The van der Waals surface area contributed by atoms with Crippen LogP contribution in [0.3, 0.4) is 0 Å². The van der Waals surface area contributed by atoms with Crippen LogP contribution in [-0.4, -0.2) is 38.8 Å². The van der Waals surface area contributed by atoms with Crippen LogP contribution in [0, 0.1) is 5.82 Å². The first-order valence-electron chi connectivity index (χ1n) is 9.92. The van der Waals surface area contributed by atoms with E-state index in [4.69, 9.17) is 5.73 Å². The van der Waals surface area contributed by atoms with Crippen molar-refractivity contribution in [1.82, 2.24) is 19.9 Å². The molecule has 0 spiro atoms. The smallest absolute Gasteiger partial charge is 0.276 e. The van der Waals surface area contributed by atoms with Crippen LogP contribution in [0.2, 0.25) is 0 Å². The van der Waals surface area contributed by atoms with Crippen molar-refractivity contribution < 1.29 is 9.18 Å². The van der Waals surface area contributed by atoms with E-state index in [9.17, 15) is 14.0 Å². The summed E-state index contributed by atoms with van der Waals surface area (Å²) in [6.07, 6.45) is 3.18. The normalized spacial score (nSPS) is 14.5. The molecule has 2 aromatic carbocycles. The fourth-order valence-electron chi connectivity index (χ4n) is 4.04. The zero-order valence-corrected chi connectivity index (χ0v) is 16.2. The van der Waals surface area contributed by atoms with Gasteiger partial charge in [-0.1, -0.05) is 0 Å². The van der Waals surface area contributed by atoms with Gasteiger partial charge >= 0.3 is 0 Å². The van der Waals surface area contributed by atoms with Crippen molar-refractivity contribution in [3.8, 4) is 11.4 Å². The highest BCUT2D eigenvalue weighted by molar-refractivity contribution is 6.04. The van der Waals surface area contributed by atoms with Crippen LogP contribution < -0.4 is 11.3 Å². The SMILES string of the molecule is Nc1c(-c2nc3cc(F)ccc3[nH]c2=O)[nH]c2ccc(C(=O)N3CCCCC3)cc12. The number of aromatic amines is 2. The Morgan fingerprint density at radius 2 is 1.80 bits per heavy atom. The van der Waals surface area contributed by atoms with Gasteiger partial charge in [0, 0.05) is 35.6 Å². The monoisotopic (exact) mass is 405 g/mol. The minimum Gasteiger partial charge on any atom is -0.396 e. The minimum atomic E-state index is -0.446. The molecule has 4 N–H and O–H groups in total. The van der Waals surface area contributed by atoms with Crippen molar-refractivity contribution in [3.05, 3.63) is 58.1 Å². The first-order valence-corrected chi connectivity index (χ1v) is 9.92. The molecule has 30 heavy (non-hydrogen) atoms. The number of aromatic nitrogens is 3. The van der Waals surface area contributed by atoms with Crippen LogP contribution in [0.25, 0.3) is 33.3 Å². The van der Waals surface area contributed by atoms with E-state index in [1.807, 2.05) is 4.90 Å². The van der Waals surface area contributed by atoms with E-state index in [1.165, 1.54) is 18.2 Å². The number of amides is 1. The molecule has 1 fully saturated rings. The minimum absolute atomic E-state index is 0.0177. The molecule has 0 aliphatic carbocycles. The number of hydrogen-bond donors (Lipinski definition) is 3. The van der Waals surface area contributed by atoms with E-state index in [0.717, 1.165) is 32.4 Å². The summed E-state index contributed by atoms with van der Waals surface area (Å²) >= 11 is 0. The van der Waals surface area contributed by atoms with Crippen molar-refractivity contribution in [2.75, 3.05) is 18.8 Å². The molecule has 5 rings (SSSR count). The topological polar surface area (TPSA) is 108 Å². The Hall–Kier alpha value is -3.68. The molecule has 8 heteroatoms. The number of carbonyl (C=O) groups excluding carboxylic acids is 1. The van der Waals surface area contributed by atoms with Crippen LogP contribution in [0.4, 0.5) is 10.1 Å². The second kappa shape index (κ2) is 6.98. The zero-order chi connectivity index (χ0) is 20.8. The quantitative estimate of drug-likeness (QED) is 0.475. The maximum Gasteiger partial charge on any atom is 0.276 e. The zero-order valence-electron chi connectivity index (χ0n) is 16.2. The third kappa shape index (κ3) is 3.01. The van der Waals surface area contributed by atoms with Gasteiger partial charge in [0.25, 0.3) is 11.5 Å². The van der Waals surface area contributed by atoms with Gasteiger partial charge in [-0.05, 0) is 49.6 Å². The summed E-state index contributed by atoms with van der Waals surface area (Å²) in [7, 11) is 0. The molecular weight excluding hydrogens is 385 g/mol. The molecule has 152 valence electrons. The number of nitrogens with zero attached hydrogens (tertiary/aromatic N) is 2. The summed E-state index contributed by atoms with van der Waals surface area (Å²) in [6, 6.07) is 9.26. The van der Waals surface area contributed by atoms with Crippen molar-refractivity contribution in [2.24, 2.45) is 0 Å². The number of nitrogens with one attached hydrogen (secondary N) is 2. The molecular formula is C22H20FN5O2. The number of fused-ring (bicyclic) bond motifs is 2. The highest BCUT2D eigenvalue weighted by Crippen LogP contribution is 2.32. The van der Waals surface area contributed by atoms with Crippen LogP contribution in [-0.2, 0) is 0 Å². The third-order valence-electron chi connectivity index (χ3n) is 5.62. The number of piperidine rings is 1. The fraction of sp³-hybridized carbons (Fsp3) is 0.227. The summed E-state index contributed by atoms with van der Waals surface area (Å²) in [5.41, 5.74) is 8.67. The largest absolute Gasteiger partial charge is 0.396 e. The summed E-state index contributed by atoms with van der Waals surface area (Å²) in [5, 5.41) is 0.647. The molecule has 1 amide bonds. The molecule has 4 aromatic rings. The van der Waals surface area contributed by atoms with Crippen LogP contribution >= 0.6 is 0 Å². The Balaban J connectivity index is 1.60. The van der Waals surface area contributed by atoms with Crippen molar-refractivity contribution in [1.29, 1.82) is 0 Å². The third-order valence-corrected chi connectivity index (χ3v) is 5.62. The molecule has 2 aromatic heterocycles. The second-order valence-electron chi connectivity index (χ2n) is 7.60. The maximum atomic E-state index is 13.6. The van der Waals surface area contributed by atoms with Gasteiger partial charge in [0.05, 0.1) is 22.4 Å². The number of hydrogen-bond acceptors (Lipinski definition) is 4. The predicted molar refractivity (Wildman–Crippen MR) is 114 cm³/mol. The van der Waals surface area contributed by atoms with E-state index in [-0.39, 0.29) is 11.6 Å². The number of nitrogen functional groups attached to an aromatic ring is 1. The summed E-state index contributed by atoms with van der Waals surface area (Å²) in [5.74, 6) is -0.464. The Morgan fingerprint density at radius 1 is 1.03 bits per heavy atom. The molecule has 0 bridgehead atoms. The Bertz CT molecular complexity index is 1350.